The third-order valence-corrected chi connectivity index (χ3v) is 0.827. The van der Waals surface area contributed by atoms with E-state index in [1.54, 1.807) is 0 Å². The molecule has 0 radical (unpaired) electrons. The first-order valence-electron chi connectivity index (χ1n) is 1.78. The number of hydrogen-bond donors (Lipinski definition) is 2. The molecule has 2 heteroatoms. The van der Waals surface area contributed by atoms with E-state index in [2.05, 4.69) is 0 Å². The maximum atomic E-state index is 5.24. The van der Waals surface area contributed by atoms with Crippen LogP contribution in [-0.4, -0.2) is 5.66 Å². The first kappa shape index (κ1) is 3.12. The van der Waals surface area contributed by atoms with Crippen LogP contribution in [0.5, 0.6) is 0 Å². The van der Waals surface area contributed by atoms with Gasteiger partial charge in [-0.25, -0.2) is 0 Å². The maximum absolute atomic E-state index is 5.24. The van der Waals surface area contributed by atoms with Crippen LogP contribution in [0.1, 0.15) is 12.8 Å². The molecule has 0 bridgehead atoms. The zero-order valence-corrected chi connectivity index (χ0v) is 3.07. The summed E-state index contributed by atoms with van der Waals surface area (Å²) in [6.45, 7) is 0. The molecule has 0 unspecified atom stereocenters. The van der Waals surface area contributed by atoms with Gasteiger partial charge < -0.3 is 11.5 Å². The van der Waals surface area contributed by atoms with Crippen LogP contribution in [0.4, 0.5) is 0 Å². The molecular formula is C3H8N2. The summed E-state index contributed by atoms with van der Waals surface area (Å²) in [4.78, 5) is 0. The third kappa shape index (κ3) is 0.597. The van der Waals surface area contributed by atoms with Gasteiger partial charge in [0.15, 0.2) is 0 Å². The van der Waals surface area contributed by atoms with E-state index in [0.717, 1.165) is 12.8 Å². The van der Waals surface area contributed by atoms with Crippen molar-refractivity contribution in [1.29, 1.82) is 0 Å². The molecule has 0 atom stereocenters. The van der Waals surface area contributed by atoms with Crippen molar-refractivity contribution in [1.82, 2.24) is 0 Å². The monoisotopic (exact) mass is 72.1 g/mol. The number of hydrogen-bond acceptors (Lipinski definition) is 2. The molecule has 1 rings (SSSR count). The summed E-state index contributed by atoms with van der Waals surface area (Å²) in [7, 11) is 0. The maximum Gasteiger partial charge on any atom is 0.0639 e. The standard InChI is InChI=1S/C3H8N2/c4-3(5)1-2-3/h1-2,4-5H2. The van der Waals surface area contributed by atoms with Crippen molar-refractivity contribution in [3.63, 3.8) is 0 Å². The second-order valence-electron chi connectivity index (χ2n) is 1.73. The van der Waals surface area contributed by atoms with Gasteiger partial charge in [0.2, 0.25) is 0 Å². The number of rotatable bonds is 0. The van der Waals surface area contributed by atoms with Crippen LogP contribution >= 0.6 is 0 Å². The van der Waals surface area contributed by atoms with Crippen LogP contribution in [0, 0.1) is 0 Å². The zero-order chi connectivity index (χ0) is 3.91. The second-order valence-corrected chi connectivity index (χ2v) is 1.73. The van der Waals surface area contributed by atoms with Crippen molar-refractivity contribution in [2.24, 2.45) is 11.5 Å². The van der Waals surface area contributed by atoms with Crippen LogP contribution in [0.3, 0.4) is 0 Å². The average Bonchev–Trinajstić information content (AvgIpc) is 1.76. The van der Waals surface area contributed by atoms with Gasteiger partial charge in [-0.05, 0) is 12.8 Å². The topological polar surface area (TPSA) is 52.0 Å². The molecule has 5 heavy (non-hydrogen) atoms. The predicted octanol–water partition coefficient (Wildman–Crippen LogP) is -0.606. The summed E-state index contributed by atoms with van der Waals surface area (Å²) >= 11 is 0. The van der Waals surface area contributed by atoms with Gasteiger partial charge in [0.1, 0.15) is 0 Å². The Morgan fingerprint density at radius 1 is 1.20 bits per heavy atom. The summed E-state index contributed by atoms with van der Waals surface area (Å²) in [5.41, 5.74) is 10.2. The SMILES string of the molecule is NC1(N)CC1. The lowest BCUT2D eigenvalue weighted by Crippen LogP contribution is -2.32. The molecule has 0 aromatic rings. The van der Waals surface area contributed by atoms with Crippen molar-refractivity contribution in [2.45, 2.75) is 18.5 Å². The molecule has 1 saturated carbocycles. The second kappa shape index (κ2) is 0.533. The van der Waals surface area contributed by atoms with Crippen molar-refractivity contribution in [3.05, 3.63) is 0 Å². The van der Waals surface area contributed by atoms with E-state index in [0.29, 0.717) is 0 Å². The van der Waals surface area contributed by atoms with Crippen LogP contribution in [0.15, 0.2) is 0 Å². The Labute approximate surface area is 31.1 Å². The van der Waals surface area contributed by atoms with Crippen molar-refractivity contribution >= 4 is 0 Å². The normalized spacial score (nSPS) is 30.0. The molecule has 1 aliphatic rings. The molecule has 0 aromatic heterocycles. The molecule has 1 fully saturated rings. The summed E-state index contributed by atoms with van der Waals surface area (Å²) in [6, 6.07) is 0. The fraction of sp³-hybridized carbons (Fsp3) is 1.00. The lowest BCUT2D eigenvalue weighted by atomic mass is 10.6. The van der Waals surface area contributed by atoms with Gasteiger partial charge >= 0.3 is 0 Å². The smallest absolute Gasteiger partial charge is 0.0639 e. The molecule has 4 N–H and O–H groups in total. The lowest BCUT2D eigenvalue weighted by Gasteiger charge is -1.89. The molecule has 0 aromatic carbocycles. The molecule has 0 aliphatic heterocycles. The predicted molar refractivity (Wildman–Crippen MR) is 20.3 cm³/mol. The Morgan fingerprint density at radius 3 is 1.40 bits per heavy atom. The minimum absolute atomic E-state index is 0.250. The summed E-state index contributed by atoms with van der Waals surface area (Å²) in [5, 5.41) is 0. The highest BCUT2D eigenvalue weighted by atomic mass is 15.0. The Balaban J connectivity index is 2.38. The van der Waals surface area contributed by atoms with Gasteiger partial charge in [0.05, 0.1) is 5.66 Å². The van der Waals surface area contributed by atoms with E-state index in [1.807, 2.05) is 0 Å². The van der Waals surface area contributed by atoms with Crippen molar-refractivity contribution in [3.8, 4) is 0 Å². The molecule has 0 amide bonds. The lowest BCUT2D eigenvalue weighted by molar-refractivity contribution is 0.719. The van der Waals surface area contributed by atoms with Gasteiger partial charge in [-0.15, -0.1) is 0 Å². The Kier molecular flexibility index (Phi) is 0.333. The van der Waals surface area contributed by atoms with E-state index in [4.69, 9.17) is 11.5 Å². The summed E-state index contributed by atoms with van der Waals surface area (Å²) in [5.74, 6) is 0. The first-order chi connectivity index (χ1) is 2.21. The quantitative estimate of drug-likeness (QED) is 0.375. The fourth-order valence-corrected chi connectivity index (χ4v) is 0.144. The molecule has 0 heterocycles. The molecule has 30 valence electrons. The van der Waals surface area contributed by atoms with Crippen LogP contribution < -0.4 is 11.5 Å². The molecular weight excluding hydrogens is 64.0 g/mol. The van der Waals surface area contributed by atoms with Gasteiger partial charge in [-0.1, -0.05) is 0 Å². The van der Waals surface area contributed by atoms with Crippen molar-refractivity contribution < 1.29 is 0 Å². The van der Waals surface area contributed by atoms with E-state index in [-0.39, 0.29) is 5.66 Å². The third-order valence-electron chi connectivity index (χ3n) is 0.827. The Hall–Kier alpha value is -0.0800. The average molecular weight is 72.1 g/mol. The Bertz CT molecular complexity index is 42.9. The molecule has 0 saturated heterocycles. The van der Waals surface area contributed by atoms with Gasteiger partial charge in [0, 0.05) is 0 Å². The zero-order valence-electron chi connectivity index (χ0n) is 3.07. The van der Waals surface area contributed by atoms with Crippen molar-refractivity contribution in [2.75, 3.05) is 0 Å². The largest absolute Gasteiger partial charge is 0.313 e. The van der Waals surface area contributed by atoms with E-state index in [1.165, 1.54) is 0 Å². The summed E-state index contributed by atoms with van der Waals surface area (Å²) in [6.07, 6.45) is 2.01. The van der Waals surface area contributed by atoms with E-state index < -0.39 is 0 Å². The first-order valence-corrected chi connectivity index (χ1v) is 1.78. The minimum atomic E-state index is -0.250. The van der Waals surface area contributed by atoms with Gasteiger partial charge in [-0.2, -0.15) is 0 Å². The van der Waals surface area contributed by atoms with Gasteiger partial charge in [0.25, 0.3) is 0 Å². The van der Waals surface area contributed by atoms with Crippen LogP contribution in [0.25, 0.3) is 0 Å². The highest BCUT2D eigenvalue weighted by Gasteiger charge is 2.32. The minimum Gasteiger partial charge on any atom is -0.313 e. The van der Waals surface area contributed by atoms with E-state index >= 15 is 0 Å². The Morgan fingerprint density at radius 2 is 1.40 bits per heavy atom. The number of nitrogens with two attached hydrogens (primary N) is 2. The molecule has 2 nitrogen and oxygen atoms in total. The fourth-order valence-electron chi connectivity index (χ4n) is 0.144. The van der Waals surface area contributed by atoms with Gasteiger partial charge in [-0.3, -0.25) is 0 Å². The summed E-state index contributed by atoms with van der Waals surface area (Å²) < 4.78 is 0. The van der Waals surface area contributed by atoms with E-state index in [9.17, 15) is 0 Å². The van der Waals surface area contributed by atoms with Crippen LogP contribution in [0.2, 0.25) is 0 Å². The highest BCUT2D eigenvalue weighted by molar-refractivity contribution is 4.91. The molecule has 1 aliphatic carbocycles. The van der Waals surface area contributed by atoms with Crippen LogP contribution in [-0.2, 0) is 0 Å². The highest BCUT2D eigenvalue weighted by Crippen LogP contribution is 2.24. The molecule has 0 spiro atoms.